The minimum absolute atomic E-state index is 0.153. The fourth-order valence-electron chi connectivity index (χ4n) is 5.99. The number of carbonyl (C=O) groups is 1. The molecule has 2 heterocycles. The second-order valence-electron chi connectivity index (χ2n) is 10.4. The lowest BCUT2D eigenvalue weighted by Gasteiger charge is -2.45. The van der Waals surface area contributed by atoms with Crippen LogP contribution in [0.2, 0.25) is 0 Å². The third kappa shape index (κ3) is 5.14. The zero-order chi connectivity index (χ0) is 22.7. The Hall–Kier alpha value is -2.01. The maximum atomic E-state index is 13.0. The number of anilines is 1. The number of amides is 1. The van der Waals surface area contributed by atoms with Crippen molar-refractivity contribution < 1.29 is 4.79 Å². The van der Waals surface area contributed by atoms with Gasteiger partial charge in [-0.2, -0.15) is 0 Å². The average Bonchev–Trinajstić information content (AvgIpc) is 2.82. The van der Waals surface area contributed by atoms with E-state index in [0.717, 1.165) is 49.8 Å². The van der Waals surface area contributed by atoms with Crippen LogP contribution in [0.15, 0.2) is 36.2 Å². The number of benzene rings is 1. The van der Waals surface area contributed by atoms with Gasteiger partial charge in [0, 0.05) is 56.6 Å². The van der Waals surface area contributed by atoms with Crippen molar-refractivity contribution >= 4 is 11.6 Å². The van der Waals surface area contributed by atoms with Crippen LogP contribution in [0.4, 0.5) is 5.69 Å². The molecule has 2 fully saturated rings. The Kier molecular flexibility index (Phi) is 7.44. The fraction of sp³-hybridized carbons (Fsp3) is 0.667. The van der Waals surface area contributed by atoms with Crippen LogP contribution in [-0.4, -0.2) is 65.9 Å². The molecule has 1 N–H and O–H groups in total. The summed E-state index contributed by atoms with van der Waals surface area (Å²) < 4.78 is 0. The molecule has 1 aromatic carbocycles. The van der Waals surface area contributed by atoms with Crippen LogP contribution < -0.4 is 5.32 Å². The van der Waals surface area contributed by atoms with Crippen molar-refractivity contribution in [2.24, 2.45) is 11.8 Å². The summed E-state index contributed by atoms with van der Waals surface area (Å²) in [4.78, 5) is 19.9. The molecule has 32 heavy (non-hydrogen) atoms. The highest BCUT2D eigenvalue weighted by atomic mass is 16.2. The Morgan fingerprint density at radius 3 is 2.28 bits per heavy atom. The van der Waals surface area contributed by atoms with Crippen LogP contribution >= 0.6 is 0 Å². The van der Waals surface area contributed by atoms with Crippen LogP contribution in [0.3, 0.4) is 0 Å². The Bertz CT molecular complexity index is 788. The molecule has 3 aliphatic rings. The Morgan fingerprint density at radius 2 is 1.66 bits per heavy atom. The summed E-state index contributed by atoms with van der Waals surface area (Å²) in [6, 6.07) is 9.23. The highest BCUT2D eigenvalue weighted by Crippen LogP contribution is 2.37. The maximum absolute atomic E-state index is 13.0. The van der Waals surface area contributed by atoms with Crippen molar-refractivity contribution in [2.45, 2.75) is 71.4 Å². The monoisotopic (exact) mass is 438 g/mol. The van der Waals surface area contributed by atoms with E-state index in [-0.39, 0.29) is 5.91 Å². The lowest BCUT2D eigenvalue weighted by molar-refractivity contribution is 0.0595. The molecule has 1 saturated heterocycles. The van der Waals surface area contributed by atoms with E-state index >= 15 is 0 Å². The molecule has 0 bridgehead atoms. The molecule has 2 atom stereocenters. The minimum atomic E-state index is 0.153. The van der Waals surface area contributed by atoms with E-state index in [9.17, 15) is 4.79 Å². The lowest BCUT2D eigenvalue weighted by atomic mass is 9.76. The van der Waals surface area contributed by atoms with Crippen molar-refractivity contribution in [3.63, 3.8) is 0 Å². The van der Waals surface area contributed by atoms with Crippen molar-refractivity contribution in [1.82, 2.24) is 14.7 Å². The van der Waals surface area contributed by atoms with Crippen molar-refractivity contribution in [1.29, 1.82) is 0 Å². The molecular formula is C27H42N4O. The number of rotatable bonds is 5. The average molecular weight is 439 g/mol. The van der Waals surface area contributed by atoms with Gasteiger partial charge >= 0.3 is 0 Å². The summed E-state index contributed by atoms with van der Waals surface area (Å²) in [5.41, 5.74) is 1.84. The summed E-state index contributed by atoms with van der Waals surface area (Å²) in [5.74, 6) is 2.87. The number of allylic oxidation sites excluding steroid dienone is 1. The molecule has 1 amide bonds. The molecule has 5 nitrogen and oxygen atoms in total. The van der Waals surface area contributed by atoms with E-state index in [4.69, 9.17) is 0 Å². The molecular weight excluding hydrogens is 396 g/mol. The first kappa shape index (κ1) is 23.2. The van der Waals surface area contributed by atoms with Gasteiger partial charge in [-0.3, -0.25) is 9.69 Å². The van der Waals surface area contributed by atoms with E-state index in [1.54, 1.807) is 0 Å². The highest BCUT2D eigenvalue weighted by Gasteiger charge is 2.34. The van der Waals surface area contributed by atoms with Crippen LogP contribution in [0.5, 0.6) is 0 Å². The fourth-order valence-corrected chi connectivity index (χ4v) is 5.99. The van der Waals surface area contributed by atoms with Gasteiger partial charge < -0.3 is 15.1 Å². The highest BCUT2D eigenvalue weighted by molar-refractivity contribution is 5.94. The van der Waals surface area contributed by atoms with Gasteiger partial charge in [0.2, 0.25) is 0 Å². The van der Waals surface area contributed by atoms with Gasteiger partial charge in [-0.15, -0.1) is 0 Å². The van der Waals surface area contributed by atoms with Crippen LogP contribution in [0.1, 0.15) is 69.7 Å². The van der Waals surface area contributed by atoms with Gasteiger partial charge in [-0.05, 0) is 75.3 Å². The first-order valence-corrected chi connectivity index (χ1v) is 12.8. The molecule has 2 aliphatic heterocycles. The molecule has 1 saturated carbocycles. The van der Waals surface area contributed by atoms with Gasteiger partial charge in [0.1, 0.15) is 5.82 Å². The standard InChI is InChI=1S/C27H42N4O/c1-20(2)30-16-18-31(19-17-30)27(32)23-11-13-24(14-12-23)28-25-15-10-21(3)26(29(25)4)22-8-6-5-7-9-22/h11-15,20-22,26,28H,5-10,16-19H2,1-4H3. The normalized spacial score (nSPS) is 25.7. The SMILES string of the molecule is CC1CC=C(Nc2ccc(C(=O)N3CCN(C(C)C)CC3)cc2)N(C)C1C1CCCCC1. The minimum Gasteiger partial charge on any atom is -0.358 e. The quantitative estimate of drug-likeness (QED) is 0.700. The largest absolute Gasteiger partial charge is 0.358 e. The third-order valence-corrected chi connectivity index (χ3v) is 7.96. The number of nitrogens with one attached hydrogen (secondary N) is 1. The Morgan fingerprint density at radius 1 is 1.00 bits per heavy atom. The predicted octanol–water partition coefficient (Wildman–Crippen LogP) is 5.03. The number of nitrogens with zero attached hydrogens (tertiary/aromatic N) is 3. The number of piperazine rings is 1. The second kappa shape index (κ2) is 10.3. The molecule has 2 unspecified atom stereocenters. The number of hydrogen-bond acceptors (Lipinski definition) is 4. The van der Waals surface area contributed by atoms with Gasteiger partial charge in [0.25, 0.3) is 5.91 Å². The van der Waals surface area contributed by atoms with Crippen molar-refractivity contribution in [2.75, 3.05) is 38.5 Å². The summed E-state index contributed by atoms with van der Waals surface area (Å²) in [6.07, 6.45) is 10.4. The molecule has 1 aliphatic carbocycles. The zero-order valence-electron chi connectivity index (χ0n) is 20.5. The van der Waals surface area contributed by atoms with Gasteiger partial charge in [0.15, 0.2) is 0 Å². The molecule has 176 valence electrons. The molecule has 1 aromatic rings. The maximum Gasteiger partial charge on any atom is 0.253 e. The van der Waals surface area contributed by atoms with Crippen molar-refractivity contribution in [3.05, 3.63) is 41.7 Å². The van der Waals surface area contributed by atoms with Gasteiger partial charge in [-0.1, -0.05) is 26.2 Å². The molecule has 0 spiro atoms. The van der Waals surface area contributed by atoms with Crippen LogP contribution in [0, 0.1) is 11.8 Å². The zero-order valence-corrected chi connectivity index (χ0v) is 20.5. The van der Waals surface area contributed by atoms with E-state index in [1.807, 2.05) is 17.0 Å². The first-order chi connectivity index (χ1) is 15.4. The van der Waals surface area contributed by atoms with Gasteiger partial charge in [-0.25, -0.2) is 0 Å². The molecule has 4 rings (SSSR count). The van der Waals surface area contributed by atoms with E-state index in [2.05, 4.69) is 61.1 Å². The summed E-state index contributed by atoms with van der Waals surface area (Å²) >= 11 is 0. The summed E-state index contributed by atoms with van der Waals surface area (Å²) in [6.45, 7) is 10.4. The molecule has 0 radical (unpaired) electrons. The van der Waals surface area contributed by atoms with E-state index in [1.165, 1.54) is 37.9 Å². The first-order valence-electron chi connectivity index (χ1n) is 12.8. The van der Waals surface area contributed by atoms with Gasteiger partial charge in [0.05, 0.1) is 0 Å². The second-order valence-corrected chi connectivity index (χ2v) is 10.4. The lowest BCUT2D eigenvalue weighted by Crippen LogP contribution is -2.50. The Labute approximate surface area is 194 Å². The summed E-state index contributed by atoms with van der Waals surface area (Å²) in [5, 5.41) is 3.64. The predicted molar refractivity (Wildman–Crippen MR) is 133 cm³/mol. The smallest absolute Gasteiger partial charge is 0.253 e. The summed E-state index contributed by atoms with van der Waals surface area (Å²) in [7, 11) is 2.25. The topological polar surface area (TPSA) is 38.8 Å². The number of carbonyl (C=O) groups excluding carboxylic acids is 1. The third-order valence-electron chi connectivity index (χ3n) is 7.96. The van der Waals surface area contributed by atoms with Crippen LogP contribution in [0.25, 0.3) is 0 Å². The Balaban J connectivity index is 1.36. The number of hydrogen-bond donors (Lipinski definition) is 1. The molecule has 5 heteroatoms. The van der Waals surface area contributed by atoms with Crippen LogP contribution in [-0.2, 0) is 0 Å². The van der Waals surface area contributed by atoms with Crippen molar-refractivity contribution in [3.8, 4) is 0 Å². The molecule has 0 aromatic heterocycles. The van der Waals surface area contributed by atoms with E-state index in [0.29, 0.717) is 18.0 Å². The van der Waals surface area contributed by atoms with E-state index < -0.39 is 0 Å².